The fraction of sp³-hybridized carbons (Fsp3) is 1.00. The minimum absolute atomic E-state index is 0.0513. The summed E-state index contributed by atoms with van der Waals surface area (Å²) < 4.78 is 13.2. The Kier molecular flexibility index (Phi) is 1.48. The lowest BCUT2D eigenvalue weighted by Gasteiger charge is -2.18. The van der Waals surface area contributed by atoms with Gasteiger partial charge in [0.05, 0.1) is 12.2 Å². The number of hydrogen-bond acceptors (Lipinski definition) is 2. The minimum Gasteiger partial charge on any atom is -0.284 e. The zero-order chi connectivity index (χ0) is 8.06. The molecule has 0 aromatic carbocycles. The van der Waals surface area contributed by atoms with E-state index in [-0.39, 0.29) is 5.54 Å². The van der Waals surface area contributed by atoms with Gasteiger partial charge < -0.3 is 0 Å². The Hall–Kier alpha value is -0.150. The third-order valence-corrected chi connectivity index (χ3v) is 2.88. The largest absolute Gasteiger partial charge is 0.284 e. The third-order valence-electron chi connectivity index (χ3n) is 2.88. The lowest BCUT2D eigenvalue weighted by Crippen LogP contribution is -2.29. The van der Waals surface area contributed by atoms with Crippen molar-refractivity contribution >= 4 is 0 Å². The molecule has 0 radical (unpaired) electrons. The second-order valence-corrected chi connectivity index (χ2v) is 4.07. The van der Waals surface area contributed by atoms with Crippen LogP contribution in [0.2, 0.25) is 0 Å². The monoisotopic (exact) mass is 158 g/mol. The highest BCUT2D eigenvalue weighted by molar-refractivity contribution is 5.07. The molecule has 1 aliphatic heterocycles. The summed E-state index contributed by atoms with van der Waals surface area (Å²) in [6.45, 7) is 5.68. The van der Waals surface area contributed by atoms with Crippen molar-refractivity contribution in [2.24, 2.45) is 0 Å². The molecule has 0 amide bonds. The van der Waals surface area contributed by atoms with Crippen LogP contribution in [-0.4, -0.2) is 34.8 Å². The van der Waals surface area contributed by atoms with Crippen LogP contribution in [0, 0.1) is 0 Å². The number of nitrogens with zero attached hydrogens (tertiary/aromatic N) is 2. The Bertz CT molecular complexity index is 165. The first-order valence-electron chi connectivity index (χ1n) is 4.31. The van der Waals surface area contributed by atoms with Crippen LogP contribution < -0.4 is 0 Å². The zero-order valence-corrected chi connectivity index (χ0v) is 7.18. The topological polar surface area (TPSA) is 6.48 Å². The van der Waals surface area contributed by atoms with Gasteiger partial charge in [0.2, 0.25) is 0 Å². The van der Waals surface area contributed by atoms with Gasteiger partial charge in [-0.15, -0.1) is 9.60 Å². The summed E-state index contributed by atoms with van der Waals surface area (Å²) in [5.74, 6) is 0. The molecule has 1 spiro atoms. The molecule has 0 atom stereocenters. The molecule has 2 rings (SSSR count). The Morgan fingerprint density at radius 2 is 2.00 bits per heavy atom. The maximum absolute atomic E-state index is 13.2. The molecule has 1 aliphatic carbocycles. The van der Waals surface area contributed by atoms with Gasteiger partial charge in [-0.3, -0.25) is 4.90 Å². The lowest BCUT2D eigenvalue weighted by atomic mass is 10.2. The third kappa shape index (κ3) is 1.07. The average Bonchev–Trinajstić information content (AvgIpc) is 2.59. The molecule has 3 heteroatoms. The normalized spacial score (nSPS) is 30.5. The summed E-state index contributed by atoms with van der Waals surface area (Å²) in [6, 6.07) is 0.480. The van der Waals surface area contributed by atoms with Crippen LogP contribution >= 0.6 is 0 Å². The predicted octanol–water partition coefficient (Wildman–Crippen LogP) is 1.39. The van der Waals surface area contributed by atoms with E-state index >= 15 is 0 Å². The summed E-state index contributed by atoms with van der Waals surface area (Å²) in [5, 5.41) is 1.02. The molecule has 0 aromatic rings. The van der Waals surface area contributed by atoms with Crippen molar-refractivity contribution in [3.8, 4) is 0 Å². The lowest BCUT2D eigenvalue weighted by molar-refractivity contribution is -0.0127. The highest BCUT2D eigenvalue weighted by atomic mass is 19.2. The summed E-state index contributed by atoms with van der Waals surface area (Å²) in [5.41, 5.74) is -0.0513. The quantitative estimate of drug-likeness (QED) is 0.532. The van der Waals surface area contributed by atoms with Gasteiger partial charge in [-0.1, -0.05) is 0 Å². The van der Waals surface area contributed by atoms with Crippen molar-refractivity contribution in [1.29, 1.82) is 0 Å². The number of rotatable bonds is 1. The molecule has 64 valence electrons. The van der Waals surface area contributed by atoms with E-state index < -0.39 is 0 Å². The molecule has 0 bridgehead atoms. The Labute approximate surface area is 66.9 Å². The van der Waals surface area contributed by atoms with Crippen LogP contribution in [0.4, 0.5) is 4.48 Å². The predicted molar refractivity (Wildman–Crippen MR) is 41.6 cm³/mol. The van der Waals surface area contributed by atoms with E-state index in [0.29, 0.717) is 12.7 Å². The molecule has 0 aromatic heterocycles. The first-order valence-corrected chi connectivity index (χ1v) is 4.31. The Balaban J connectivity index is 2.01. The number of hydrogen-bond donors (Lipinski definition) is 0. The Morgan fingerprint density at radius 3 is 2.27 bits per heavy atom. The van der Waals surface area contributed by atoms with E-state index in [1.54, 1.807) is 0 Å². The molecule has 1 saturated carbocycles. The summed E-state index contributed by atoms with van der Waals surface area (Å²) in [7, 11) is 0. The van der Waals surface area contributed by atoms with Crippen LogP contribution in [-0.2, 0) is 0 Å². The van der Waals surface area contributed by atoms with Crippen LogP contribution in [0.25, 0.3) is 0 Å². The van der Waals surface area contributed by atoms with Gasteiger partial charge in [-0.25, -0.2) is 0 Å². The maximum Gasteiger partial charge on any atom is 0.0816 e. The van der Waals surface area contributed by atoms with Gasteiger partial charge in [0.1, 0.15) is 0 Å². The highest BCUT2D eigenvalue weighted by Crippen LogP contribution is 2.46. The van der Waals surface area contributed by atoms with Gasteiger partial charge in [0.25, 0.3) is 0 Å². The van der Waals surface area contributed by atoms with Crippen molar-refractivity contribution in [3.05, 3.63) is 0 Å². The first-order chi connectivity index (χ1) is 5.14. The van der Waals surface area contributed by atoms with Gasteiger partial charge in [-0.05, 0) is 26.7 Å². The SMILES string of the molecule is CC(C)N1CN(F)C2(CC2)C1. The van der Waals surface area contributed by atoms with Crippen molar-refractivity contribution in [3.63, 3.8) is 0 Å². The van der Waals surface area contributed by atoms with Crippen molar-refractivity contribution in [2.75, 3.05) is 13.2 Å². The van der Waals surface area contributed by atoms with Crippen molar-refractivity contribution in [1.82, 2.24) is 10.0 Å². The van der Waals surface area contributed by atoms with Gasteiger partial charge in [0.15, 0.2) is 0 Å². The molecule has 2 aliphatic rings. The molecule has 0 N–H and O–H groups in total. The highest BCUT2D eigenvalue weighted by Gasteiger charge is 2.55. The second kappa shape index (κ2) is 2.17. The second-order valence-electron chi connectivity index (χ2n) is 4.07. The standard InChI is InChI=1S/C8H15FN2/c1-7(2)10-5-8(3-4-8)11(9)6-10/h7H,3-6H2,1-2H3. The Morgan fingerprint density at radius 1 is 1.36 bits per heavy atom. The molecular formula is C8H15FN2. The van der Waals surface area contributed by atoms with E-state index in [9.17, 15) is 4.48 Å². The molecule has 1 heterocycles. The molecular weight excluding hydrogens is 143 g/mol. The van der Waals surface area contributed by atoms with E-state index in [1.807, 2.05) is 0 Å². The van der Waals surface area contributed by atoms with Crippen molar-refractivity contribution in [2.45, 2.75) is 38.3 Å². The van der Waals surface area contributed by atoms with Gasteiger partial charge >= 0.3 is 0 Å². The zero-order valence-electron chi connectivity index (χ0n) is 7.18. The fourth-order valence-electron chi connectivity index (χ4n) is 1.71. The first kappa shape index (κ1) is 7.50. The summed E-state index contributed by atoms with van der Waals surface area (Å²) in [4.78, 5) is 2.19. The van der Waals surface area contributed by atoms with E-state index in [2.05, 4.69) is 18.7 Å². The van der Waals surface area contributed by atoms with E-state index in [4.69, 9.17) is 0 Å². The molecule has 2 fully saturated rings. The van der Waals surface area contributed by atoms with Crippen LogP contribution in [0.5, 0.6) is 0 Å². The summed E-state index contributed by atoms with van der Waals surface area (Å²) in [6.07, 6.45) is 2.10. The molecule has 0 unspecified atom stereocenters. The van der Waals surface area contributed by atoms with Gasteiger partial charge in [0, 0.05) is 12.6 Å². The molecule has 11 heavy (non-hydrogen) atoms. The van der Waals surface area contributed by atoms with E-state index in [0.717, 1.165) is 24.5 Å². The fourth-order valence-corrected chi connectivity index (χ4v) is 1.71. The van der Waals surface area contributed by atoms with Crippen LogP contribution in [0.15, 0.2) is 0 Å². The summed E-state index contributed by atoms with van der Waals surface area (Å²) >= 11 is 0. The van der Waals surface area contributed by atoms with E-state index in [1.165, 1.54) is 0 Å². The molecule has 2 nitrogen and oxygen atoms in total. The van der Waals surface area contributed by atoms with Gasteiger partial charge in [-0.2, -0.15) is 0 Å². The van der Waals surface area contributed by atoms with Crippen LogP contribution in [0.1, 0.15) is 26.7 Å². The van der Waals surface area contributed by atoms with Crippen molar-refractivity contribution < 1.29 is 4.48 Å². The molecule has 1 saturated heterocycles. The number of halogens is 1. The smallest absolute Gasteiger partial charge is 0.0816 e. The maximum atomic E-state index is 13.2. The average molecular weight is 158 g/mol. The van der Waals surface area contributed by atoms with Crippen LogP contribution in [0.3, 0.4) is 0 Å². The minimum atomic E-state index is -0.0513.